The third kappa shape index (κ3) is 8.65. The number of hydrogen-bond acceptors (Lipinski definition) is 5. The Bertz CT molecular complexity index is 872. The van der Waals surface area contributed by atoms with Crippen molar-refractivity contribution in [3.05, 3.63) is 78.3 Å². The number of nitrogens with two attached hydrogens (primary N) is 1. The standard InChI is InChI=1S/C23H30ClN5.C2H6/c1-7-10-23(20(14-25)15(4)24)29-18-11-12-22(27-9-3)19(13-18)21(8-2)28-17(6)16(5)26;1-2/h7-13,15,17,27-29H,3,5,26H2,1-2,4,6H3;1-2H3/b10-7-,21-8+,23-20+;. The summed E-state index contributed by atoms with van der Waals surface area (Å²) in [5.74, 6) is 0. The zero-order valence-corrected chi connectivity index (χ0v) is 20.3. The van der Waals surface area contributed by atoms with Gasteiger partial charge in [-0.15, -0.1) is 11.6 Å². The highest BCUT2D eigenvalue weighted by Crippen LogP contribution is 2.28. The van der Waals surface area contributed by atoms with Gasteiger partial charge in [-0.25, -0.2) is 0 Å². The van der Waals surface area contributed by atoms with E-state index in [0.717, 1.165) is 22.6 Å². The van der Waals surface area contributed by atoms with Crippen LogP contribution in [-0.4, -0.2) is 11.4 Å². The van der Waals surface area contributed by atoms with Gasteiger partial charge in [-0.3, -0.25) is 0 Å². The lowest BCUT2D eigenvalue weighted by Crippen LogP contribution is -2.29. The van der Waals surface area contributed by atoms with Gasteiger partial charge in [0.05, 0.1) is 28.8 Å². The summed E-state index contributed by atoms with van der Waals surface area (Å²) in [7, 11) is 0. The van der Waals surface area contributed by atoms with Crippen molar-refractivity contribution in [1.29, 1.82) is 5.26 Å². The van der Waals surface area contributed by atoms with E-state index in [0.29, 0.717) is 17.0 Å². The topological polar surface area (TPSA) is 85.9 Å². The molecule has 1 aromatic rings. The quantitative estimate of drug-likeness (QED) is 0.190. The summed E-state index contributed by atoms with van der Waals surface area (Å²) < 4.78 is 0. The van der Waals surface area contributed by atoms with Crippen LogP contribution >= 0.6 is 11.6 Å². The second-order valence-corrected chi connectivity index (χ2v) is 7.09. The number of rotatable bonds is 10. The second-order valence-electron chi connectivity index (χ2n) is 6.43. The van der Waals surface area contributed by atoms with Gasteiger partial charge in [0.1, 0.15) is 0 Å². The molecule has 2 atom stereocenters. The third-order valence-electron chi connectivity index (χ3n) is 4.20. The van der Waals surface area contributed by atoms with Gasteiger partial charge in [0.2, 0.25) is 0 Å². The Hall–Kier alpha value is -3.10. The van der Waals surface area contributed by atoms with Crippen molar-refractivity contribution in [3.63, 3.8) is 0 Å². The lowest BCUT2D eigenvalue weighted by molar-refractivity contribution is 0.736. The first-order valence-corrected chi connectivity index (χ1v) is 10.8. The largest absolute Gasteiger partial charge is 0.401 e. The van der Waals surface area contributed by atoms with Crippen LogP contribution in [0.25, 0.3) is 5.70 Å². The molecule has 0 fully saturated rings. The average molecular weight is 442 g/mol. The Morgan fingerprint density at radius 2 is 1.90 bits per heavy atom. The molecule has 5 N–H and O–H groups in total. The number of nitriles is 1. The molecule has 0 saturated heterocycles. The molecule has 2 unspecified atom stereocenters. The van der Waals surface area contributed by atoms with E-state index in [1.54, 1.807) is 13.1 Å². The van der Waals surface area contributed by atoms with E-state index in [-0.39, 0.29) is 6.04 Å². The van der Waals surface area contributed by atoms with Crippen LogP contribution in [0.2, 0.25) is 0 Å². The summed E-state index contributed by atoms with van der Waals surface area (Å²) >= 11 is 6.18. The molecule has 1 aromatic carbocycles. The molecule has 0 saturated carbocycles. The molecular weight excluding hydrogens is 406 g/mol. The summed E-state index contributed by atoms with van der Waals surface area (Å²) in [5.41, 5.74) is 11.0. The van der Waals surface area contributed by atoms with Crippen molar-refractivity contribution < 1.29 is 0 Å². The number of allylic oxidation sites excluding steroid dienone is 4. The van der Waals surface area contributed by atoms with E-state index in [1.165, 1.54) is 0 Å². The van der Waals surface area contributed by atoms with Crippen molar-refractivity contribution in [2.75, 3.05) is 10.6 Å². The first-order chi connectivity index (χ1) is 14.8. The fourth-order valence-corrected chi connectivity index (χ4v) is 2.77. The molecule has 0 amide bonds. The van der Waals surface area contributed by atoms with Crippen LogP contribution in [0.4, 0.5) is 11.4 Å². The molecule has 0 aliphatic heterocycles. The highest BCUT2D eigenvalue weighted by atomic mass is 35.5. The molecule has 6 heteroatoms. The highest BCUT2D eigenvalue weighted by molar-refractivity contribution is 6.22. The third-order valence-corrected chi connectivity index (χ3v) is 4.42. The lowest BCUT2D eigenvalue weighted by atomic mass is 10.1. The maximum atomic E-state index is 9.49. The van der Waals surface area contributed by atoms with E-state index in [1.807, 2.05) is 71.0 Å². The summed E-state index contributed by atoms with van der Waals surface area (Å²) in [4.78, 5) is 0. The average Bonchev–Trinajstić information content (AvgIpc) is 2.74. The molecule has 0 aliphatic carbocycles. The van der Waals surface area contributed by atoms with Crippen LogP contribution in [0.3, 0.4) is 0 Å². The Labute approximate surface area is 193 Å². The van der Waals surface area contributed by atoms with E-state index < -0.39 is 5.38 Å². The first-order valence-electron chi connectivity index (χ1n) is 10.4. The molecule has 31 heavy (non-hydrogen) atoms. The summed E-state index contributed by atoms with van der Waals surface area (Å²) in [6.07, 6.45) is 7.29. The van der Waals surface area contributed by atoms with Gasteiger partial charge in [-0.05, 0) is 58.2 Å². The maximum absolute atomic E-state index is 9.49. The molecule has 0 spiro atoms. The predicted molar refractivity (Wildman–Crippen MR) is 138 cm³/mol. The van der Waals surface area contributed by atoms with Crippen molar-refractivity contribution in [1.82, 2.24) is 5.32 Å². The minimum absolute atomic E-state index is 0.102. The molecule has 5 nitrogen and oxygen atoms in total. The number of benzene rings is 1. The zero-order valence-electron chi connectivity index (χ0n) is 19.5. The summed E-state index contributed by atoms with van der Waals surface area (Å²) in [6.45, 7) is 19.1. The molecule has 0 aliphatic rings. The summed E-state index contributed by atoms with van der Waals surface area (Å²) in [5, 5.41) is 18.9. The normalized spacial score (nSPS) is 13.7. The van der Waals surface area contributed by atoms with E-state index in [2.05, 4.69) is 35.2 Å². The zero-order chi connectivity index (χ0) is 24.0. The van der Waals surface area contributed by atoms with Crippen LogP contribution in [0.1, 0.15) is 47.1 Å². The SMILES string of the molecule is C=CNc1ccc(NC(/C=C\C)=C(\C#N)C(C)Cl)cc1/C(=C\C)NC(C)C(=C)N.CC. The van der Waals surface area contributed by atoms with Crippen LogP contribution in [-0.2, 0) is 0 Å². The fourth-order valence-electron chi connectivity index (χ4n) is 2.61. The van der Waals surface area contributed by atoms with Crippen molar-refractivity contribution in [2.45, 2.75) is 53.0 Å². The summed E-state index contributed by atoms with van der Waals surface area (Å²) in [6, 6.07) is 7.93. The Kier molecular flexibility index (Phi) is 13.3. The van der Waals surface area contributed by atoms with Gasteiger partial charge >= 0.3 is 0 Å². The van der Waals surface area contributed by atoms with Gasteiger partial charge in [0.15, 0.2) is 0 Å². The van der Waals surface area contributed by atoms with Gasteiger partial charge in [0.25, 0.3) is 0 Å². The van der Waals surface area contributed by atoms with Gasteiger partial charge in [-0.2, -0.15) is 5.26 Å². The second kappa shape index (κ2) is 14.8. The number of hydrogen-bond donors (Lipinski definition) is 4. The minimum Gasteiger partial charge on any atom is -0.401 e. The van der Waals surface area contributed by atoms with Crippen molar-refractivity contribution in [3.8, 4) is 6.07 Å². The number of halogens is 1. The first kappa shape index (κ1) is 27.9. The monoisotopic (exact) mass is 441 g/mol. The van der Waals surface area contributed by atoms with E-state index in [4.69, 9.17) is 17.3 Å². The van der Waals surface area contributed by atoms with Crippen molar-refractivity contribution >= 4 is 28.7 Å². The van der Waals surface area contributed by atoms with Crippen LogP contribution < -0.4 is 21.7 Å². The molecule has 0 heterocycles. The Morgan fingerprint density at radius 1 is 1.26 bits per heavy atom. The number of alkyl halides is 1. The molecule has 0 aromatic heterocycles. The molecular formula is C25H36ClN5. The van der Waals surface area contributed by atoms with Crippen LogP contribution in [0.15, 0.2) is 72.8 Å². The van der Waals surface area contributed by atoms with E-state index in [9.17, 15) is 5.26 Å². The van der Waals surface area contributed by atoms with Crippen LogP contribution in [0, 0.1) is 11.3 Å². The van der Waals surface area contributed by atoms with E-state index >= 15 is 0 Å². The molecule has 0 radical (unpaired) electrons. The smallest absolute Gasteiger partial charge is 0.0984 e. The van der Waals surface area contributed by atoms with Gasteiger partial charge in [-0.1, -0.05) is 39.2 Å². The maximum Gasteiger partial charge on any atom is 0.0984 e. The minimum atomic E-state index is -0.413. The molecule has 168 valence electrons. The Morgan fingerprint density at radius 3 is 2.35 bits per heavy atom. The number of nitrogens with zero attached hydrogens (tertiary/aromatic N) is 1. The Balaban J connectivity index is 0.00000436. The predicted octanol–water partition coefficient (Wildman–Crippen LogP) is 6.47. The lowest BCUT2D eigenvalue weighted by Gasteiger charge is -2.21. The fraction of sp³-hybridized carbons (Fsp3) is 0.320. The van der Waals surface area contributed by atoms with Crippen LogP contribution in [0.5, 0.6) is 0 Å². The number of anilines is 2. The number of nitrogens with one attached hydrogen (secondary N) is 3. The highest BCUT2D eigenvalue weighted by Gasteiger charge is 2.14. The molecule has 0 bridgehead atoms. The van der Waals surface area contributed by atoms with Gasteiger partial charge < -0.3 is 21.7 Å². The van der Waals surface area contributed by atoms with Crippen molar-refractivity contribution in [2.24, 2.45) is 5.73 Å². The molecule has 1 rings (SSSR count). The van der Waals surface area contributed by atoms with Gasteiger partial charge in [0, 0.05) is 28.3 Å².